The first kappa shape index (κ1) is 16.7. The van der Waals surface area contributed by atoms with Crippen LogP contribution < -0.4 is 5.32 Å². The Hall–Kier alpha value is -0.620. The minimum Gasteiger partial charge on any atom is -0.383 e. The highest BCUT2D eigenvalue weighted by Crippen LogP contribution is 2.44. The molecule has 6 heteroatoms. The van der Waals surface area contributed by atoms with E-state index in [1.54, 1.807) is 13.3 Å². The second kappa shape index (κ2) is 7.09. The lowest BCUT2D eigenvalue weighted by Crippen LogP contribution is -2.52. The van der Waals surface area contributed by atoms with Gasteiger partial charge in [0.15, 0.2) is 0 Å². The lowest BCUT2D eigenvalue weighted by molar-refractivity contribution is 0.102. The molecule has 0 spiro atoms. The summed E-state index contributed by atoms with van der Waals surface area (Å²) in [5, 5.41) is 8.66. The number of halogens is 1. The van der Waals surface area contributed by atoms with Crippen LogP contribution in [0.25, 0.3) is 0 Å². The van der Waals surface area contributed by atoms with Gasteiger partial charge in [-0.3, -0.25) is 4.68 Å². The Morgan fingerprint density at radius 1 is 1.48 bits per heavy atom. The van der Waals surface area contributed by atoms with Crippen LogP contribution in [0.15, 0.2) is 6.20 Å². The van der Waals surface area contributed by atoms with Crippen LogP contribution in [0.2, 0.25) is 5.02 Å². The van der Waals surface area contributed by atoms with Gasteiger partial charge in [0.05, 0.1) is 36.1 Å². The van der Waals surface area contributed by atoms with Gasteiger partial charge >= 0.3 is 0 Å². The zero-order valence-electron chi connectivity index (χ0n) is 13.5. The van der Waals surface area contributed by atoms with Crippen LogP contribution in [0.3, 0.4) is 0 Å². The first-order valence-corrected chi connectivity index (χ1v) is 7.99. The molecule has 1 N–H and O–H groups in total. The second-order valence-corrected chi connectivity index (χ2v) is 6.43. The average molecular weight is 315 g/mol. The molecule has 2 rings (SSSR count). The molecule has 0 radical (unpaired) electrons. The number of hydrogen-bond acceptors (Lipinski definition) is 4. The largest absolute Gasteiger partial charge is 0.383 e. The number of likely N-dealkylation sites (N-methyl/N-ethyl adjacent to an activating group) is 2. The average Bonchev–Trinajstić information content (AvgIpc) is 3.08. The van der Waals surface area contributed by atoms with Crippen LogP contribution in [0.4, 0.5) is 0 Å². The van der Waals surface area contributed by atoms with Crippen molar-refractivity contribution in [1.82, 2.24) is 20.0 Å². The summed E-state index contributed by atoms with van der Waals surface area (Å²) in [6, 6.07) is 0.168. The zero-order valence-corrected chi connectivity index (χ0v) is 14.3. The minimum absolute atomic E-state index is 0.100. The number of nitrogens with zero attached hydrogens (tertiary/aromatic N) is 3. The van der Waals surface area contributed by atoms with Crippen LogP contribution >= 0.6 is 11.6 Å². The fraction of sp³-hybridized carbons (Fsp3) is 0.800. The highest BCUT2D eigenvalue weighted by molar-refractivity contribution is 6.31. The predicted molar refractivity (Wildman–Crippen MR) is 85.8 cm³/mol. The molecule has 1 aliphatic rings. The van der Waals surface area contributed by atoms with Crippen LogP contribution in [-0.2, 0) is 11.3 Å². The molecule has 1 atom stereocenters. The van der Waals surface area contributed by atoms with Gasteiger partial charge in [-0.15, -0.1) is 0 Å². The summed E-state index contributed by atoms with van der Waals surface area (Å²) in [5.74, 6) is 0. The van der Waals surface area contributed by atoms with Crippen molar-refractivity contribution in [2.45, 2.75) is 43.8 Å². The molecule has 1 aromatic rings. The van der Waals surface area contributed by atoms with Crippen molar-refractivity contribution in [2.24, 2.45) is 0 Å². The molecule has 1 fully saturated rings. The Labute approximate surface area is 132 Å². The maximum Gasteiger partial charge on any atom is 0.0834 e. The standard InChI is InChI=1S/C15H27ClN4O/c1-17-14(15(19(2)3)7-5-6-8-15)13-12(16)11-18-20(13)9-10-21-4/h11,14,17H,5-10H2,1-4H3. The summed E-state index contributed by atoms with van der Waals surface area (Å²) in [6.45, 7) is 1.36. The molecule has 0 aromatic carbocycles. The molecule has 1 unspecified atom stereocenters. The van der Waals surface area contributed by atoms with Crippen molar-refractivity contribution in [3.8, 4) is 0 Å². The monoisotopic (exact) mass is 314 g/mol. The van der Waals surface area contributed by atoms with Crippen LogP contribution in [0.5, 0.6) is 0 Å². The van der Waals surface area contributed by atoms with Crippen LogP contribution in [0.1, 0.15) is 37.4 Å². The fourth-order valence-corrected chi connectivity index (χ4v) is 3.91. The van der Waals surface area contributed by atoms with E-state index in [0.717, 1.165) is 17.3 Å². The number of aromatic nitrogens is 2. The Balaban J connectivity index is 2.38. The molecule has 0 bridgehead atoms. The van der Waals surface area contributed by atoms with E-state index < -0.39 is 0 Å². The molecule has 21 heavy (non-hydrogen) atoms. The number of hydrogen-bond donors (Lipinski definition) is 1. The molecule has 0 aliphatic heterocycles. The highest BCUT2D eigenvalue weighted by atomic mass is 35.5. The smallest absolute Gasteiger partial charge is 0.0834 e. The van der Waals surface area contributed by atoms with Gasteiger partial charge in [0.2, 0.25) is 0 Å². The zero-order chi connectivity index (χ0) is 15.5. The maximum atomic E-state index is 6.46. The molecular weight excluding hydrogens is 288 g/mol. The Bertz CT molecular complexity index is 455. The molecule has 1 heterocycles. The summed E-state index contributed by atoms with van der Waals surface area (Å²) >= 11 is 6.46. The SMILES string of the molecule is CNC(c1c(Cl)cnn1CCOC)C1(N(C)C)CCCC1. The number of nitrogens with one attached hydrogen (secondary N) is 1. The van der Waals surface area contributed by atoms with Gasteiger partial charge in [-0.1, -0.05) is 24.4 Å². The molecule has 120 valence electrons. The van der Waals surface area contributed by atoms with E-state index in [1.807, 2.05) is 11.7 Å². The van der Waals surface area contributed by atoms with E-state index in [1.165, 1.54) is 25.7 Å². The second-order valence-electron chi connectivity index (χ2n) is 6.02. The molecule has 1 aromatic heterocycles. The van der Waals surface area contributed by atoms with Crippen LogP contribution in [-0.4, -0.2) is 55.1 Å². The summed E-state index contributed by atoms with van der Waals surface area (Å²) in [4.78, 5) is 2.35. The fourth-order valence-electron chi connectivity index (χ4n) is 3.66. The van der Waals surface area contributed by atoms with Gasteiger partial charge in [-0.05, 0) is 34.0 Å². The third-order valence-electron chi connectivity index (χ3n) is 4.80. The van der Waals surface area contributed by atoms with Crippen molar-refractivity contribution in [2.75, 3.05) is 34.9 Å². The van der Waals surface area contributed by atoms with Crippen molar-refractivity contribution < 1.29 is 4.74 Å². The van der Waals surface area contributed by atoms with E-state index >= 15 is 0 Å². The molecule has 1 aliphatic carbocycles. The summed E-state index contributed by atoms with van der Waals surface area (Å²) < 4.78 is 7.17. The van der Waals surface area contributed by atoms with Crippen molar-refractivity contribution in [3.63, 3.8) is 0 Å². The van der Waals surface area contributed by atoms with Gasteiger partial charge < -0.3 is 15.0 Å². The van der Waals surface area contributed by atoms with Gasteiger partial charge in [0, 0.05) is 12.6 Å². The number of methoxy groups -OCH3 is 1. The number of ether oxygens (including phenoxy) is 1. The number of rotatable bonds is 7. The Kier molecular flexibility index (Phi) is 5.66. The van der Waals surface area contributed by atoms with E-state index in [2.05, 4.69) is 29.4 Å². The third-order valence-corrected chi connectivity index (χ3v) is 5.09. The van der Waals surface area contributed by atoms with E-state index in [9.17, 15) is 0 Å². The van der Waals surface area contributed by atoms with Gasteiger partial charge in [-0.2, -0.15) is 5.10 Å². The van der Waals surface area contributed by atoms with Gasteiger partial charge in [-0.25, -0.2) is 0 Å². The van der Waals surface area contributed by atoms with Gasteiger partial charge in [0.25, 0.3) is 0 Å². The quantitative estimate of drug-likeness (QED) is 0.838. The molecule has 5 nitrogen and oxygen atoms in total. The Morgan fingerprint density at radius 2 is 2.14 bits per heavy atom. The maximum absolute atomic E-state index is 6.46. The summed E-state index contributed by atoms with van der Waals surface area (Å²) in [5.41, 5.74) is 1.18. The molecule has 0 saturated heterocycles. The molecular formula is C15H27ClN4O. The summed E-state index contributed by atoms with van der Waals surface area (Å²) in [7, 11) is 8.05. The van der Waals surface area contributed by atoms with Crippen molar-refractivity contribution in [3.05, 3.63) is 16.9 Å². The van der Waals surface area contributed by atoms with Gasteiger partial charge in [0.1, 0.15) is 0 Å². The lowest BCUT2D eigenvalue weighted by atomic mass is 9.84. The highest BCUT2D eigenvalue weighted by Gasteiger charge is 2.45. The van der Waals surface area contributed by atoms with Crippen LogP contribution in [0, 0.1) is 0 Å². The minimum atomic E-state index is 0.100. The topological polar surface area (TPSA) is 42.3 Å². The molecule has 0 amide bonds. The third kappa shape index (κ3) is 3.11. The van der Waals surface area contributed by atoms with Crippen molar-refractivity contribution in [1.29, 1.82) is 0 Å². The first-order valence-electron chi connectivity index (χ1n) is 7.61. The molecule has 1 saturated carbocycles. The normalized spacial score (nSPS) is 19.3. The van der Waals surface area contributed by atoms with E-state index in [-0.39, 0.29) is 11.6 Å². The van der Waals surface area contributed by atoms with Crippen molar-refractivity contribution >= 4 is 11.6 Å². The lowest BCUT2D eigenvalue weighted by Gasteiger charge is -2.43. The van der Waals surface area contributed by atoms with E-state index in [0.29, 0.717) is 6.61 Å². The van der Waals surface area contributed by atoms with E-state index in [4.69, 9.17) is 16.3 Å². The first-order chi connectivity index (χ1) is 10.1. The Morgan fingerprint density at radius 3 is 2.67 bits per heavy atom. The summed E-state index contributed by atoms with van der Waals surface area (Å²) in [6.07, 6.45) is 6.63. The predicted octanol–water partition coefficient (Wildman–Crippen LogP) is 2.32.